The van der Waals surface area contributed by atoms with E-state index < -0.39 is 4.92 Å². The van der Waals surface area contributed by atoms with Crippen LogP contribution >= 0.6 is 11.3 Å². The largest absolute Gasteiger partial charge is 0.494 e. The van der Waals surface area contributed by atoms with E-state index >= 15 is 0 Å². The average Bonchev–Trinajstić information content (AvgIpc) is 2.97. The number of amides is 1. The van der Waals surface area contributed by atoms with Crippen molar-refractivity contribution in [1.29, 1.82) is 0 Å². The Kier molecular flexibility index (Phi) is 4.39. The van der Waals surface area contributed by atoms with Gasteiger partial charge in [0.15, 0.2) is 5.13 Å². The highest BCUT2D eigenvalue weighted by Crippen LogP contribution is 2.32. The van der Waals surface area contributed by atoms with Crippen molar-refractivity contribution in [3.05, 3.63) is 58.1 Å². The molecule has 0 unspecified atom stereocenters. The number of benzene rings is 2. The number of anilines is 1. The number of para-hydroxylation sites is 1. The molecule has 0 aliphatic carbocycles. The van der Waals surface area contributed by atoms with Gasteiger partial charge in [-0.05, 0) is 17.7 Å². The third-order valence-corrected chi connectivity index (χ3v) is 4.30. The molecular weight excluding hydrogens is 330 g/mol. The molecule has 1 aromatic heterocycles. The molecule has 1 N–H and O–H groups in total. The maximum absolute atomic E-state index is 12.1. The van der Waals surface area contributed by atoms with E-state index in [9.17, 15) is 14.9 Å². The summed E-state index contributed by atoms with van der Waals surface area (Å²) in [5, 5.41) is 13.9. The summed E-state index contributed by atoms with van der Waals surface area (Å²) in [6.45, 7) is 0. The molecule has 0 aliphatic heterocycles. The monoisotopic (exact) mass is 343 g/mol. The van der Waals surface area contributed by atoms with Gasteiger partial charge in [0.05, 0.1) is 23.2 Å². The summed E-state index contributed by atoms with van der Waals surface area (Å²) >= 11 is 1.36. The van der Waals surface area contributed by atoms with Gasteiger partial charge in [-0.25, -0.2) is 4.98 Å². The fourth-order valence-electron chi connectivity index (χ4n) is 2.23. The highest BCUT2D eigenvalue weighted by Gasteiger charge is 2.12. The fraction of sp³-hybridized carbons (Fsp3) is 0.125. The van der Waals surface area contributed by atoms with Crippen LogP contribution in [0.4, 0.5) is 10.8 Å². The molecule has 0 saturated heterocycles. The Morgan fingerprint density at radius 2 is 2.04 bits per heavy atom. The number of nitro benzene ring substituents is 1. The Morgan fingerprint density at radius 1 is 1.29 bits per heavy atom. The first-order valence-electron chi connectivity index (χ1n) is 7.03. The Bertz CT molecular complexity index is 905. The molecular formula is C16H13N3O4S. The number of hydrogen-bond acceptors (Lipinski definition) is 6. The third-order valence-electron chi connectivity index (χ3n) is 3.36. The molecule has 2 aromatic carbocycles. The summed E-state index contributed by atoms with van der Waals surface area (Å²) in [5.41, 5.74) is 1.39. The number of rotatable bonds is 5. The first kappa shape index (κ1) is 15.9. The first-order valence-corrected chi connectivity index (χ1v) is 7.85. The lowest BCUT2D eigenvalue weighted by Gasteiger charge is -2.02. The van der Waals surface area contributed by atoms with E-state index in [2.05, 4.69) is 10.3 Å². The van der Waals surface area contributed by atoms with E-state index in [1.807, 2.05) is 18.2 Å². The van der Waals surface area contributed by atoms with Crippen LogP contribution in [-0.4, -0.2) is 22.9 Å². The number of fused-ring (bicyclic) bond motifs is 1. The molecule has 7 nitrogen and oxygen atoms in total. The quantitative estimate of drug-likeness (QED) is 0.566. The van der Waals surface area contributed by atoms with Crippen molar-refractivity contribution in [2.24, 2.45) is 0 Å². The first-order chi connectivity index (χ1) is 11.6. The zero-order valence-electron chi connectivity index (χ0n) is 12.7. The topological polar surface area (TPSA) is 94.4 Å². The standard InChI is InChI=1S/C16H13N3O4S/c1-23-12-3-2-4-13-15(12)18-16(24-13)17-14(20)9-10-5-7-11(8-6-10)19(21)22/h2-8H,9H2,1H3,(H,17,18,20). The Morgan fingerprint density at radius 3 is 2.71 bits per heavy atom. The summed E-state index contributed by atoms with van der Waals surface area (Å²) < 4.78 is 6.17. The molecule has 0 bridgehead atoms. The zero-order valence-corrected chi connectivity index (χ0v) is 13.5. The van der Waals surface area contributed by atoms with E-state index in [1.165, 1.54) is 23.5 Å². The van der Waals surface area contributed by atoms with Crippen LogP contribution in [0.5, 0.6) is 5.75 Å². The molecule has 122 valence electrons. The van der Waals surface area contributed by atoms with Gasteiger partial charge >= 0.3 is 0 Å². The lowest BCUT2D eigenvalue weighted by atomic mass is 10.1. The second-order valence-corrected chi connectivity index (χ2v) is 6.01. The second kappa shape index (κ2) is 6.63. The number of nitrogens with one attached hydrogen (secondary N) is 1. The van der Waals surface area contributed by atoms with Crippen LogP contribution in [0.3, 0.4) is 0 Å². The van der Waals surface area contributed by atoms with Crippen LogP contribution in [0.2, 0.25) is 0 Å². The van der Waals surface area contributed by atoms with Crippen molar-refractivity contribution in [3.8, 4) is 5.75 Å². The van der Waals surface area contributed by atoms with Gasteiger partial charge in [-0.3, -0.25) is 14.9 Å². The summed E-state index contributed by atoms with van der Waals surface area (Å²) in [6, 6.07) is 11.5. The summed E-state index contributed by atoms with van der Waals surface area (Å²) in [6.07, 6.45) is 0.116. The highest BCUT2D eigenvalue weighted by atomic mass is 32.1. The Labute approximate surface area is 141 Å². The number of nitro groups is 1. The maximum Gasteiger partial charge on any atom is 0.269 e. The number of ether oxygens (including phenoxy) is 1. The van der Waals surface area contributed by atoms with Gasteiger partial charge in [-0.1, -0.05) is 29.5 Å². The van der Waals surface area contributed by atoms with Gasteiger partial charge in [0.1, 0.15) is 11.3 Å². The molecule has 0 aliphatic rings. The predicted octanol–water partition coefficient (Wildman–Crippen LogP) is 3.39. The summed E-state index contributed by atoms with van der Waals surface area (Å²) in [4.78, 5) is 26.6. The average molecular weight is 343 g/mol. The molecule has 3 rings (SSSR count). The summed E-state index contributed by atoms with van der Waals surface area (Å²) in [7, 11) is 1.57. The van der Waals surface area contributed by atoms with Crippen LogP contribution in [0.15, 0.2) is 42.5 Å². The minimum absolute atomic E-state index is 0.00238. The second-order valence-electron chi connectivity index (χ2n) is 4.97. The molecule has 0 saturated carbocycles. The Balaban J connectivity index is 1.71. The normalized spacial score (nSPS) is 10.5. The van der Waals surface area contributed by atoms with Gasteiger partial charge in [0.2, 0.25) is 5.91 Å². The number of non-ortho nitro benzene ring substituents is 1. The lowest BCUT2D eigenvalue weighted by molar-refractivity contribution is -0.384. The van der Waals surface area contributed by atoms with Crippen LogP contribution < -0.4 is 10.1 Å². The summed E-state index contributed by atoms with van der Waals surface area (Å²) in [5.74, 6) is 0.418. The maximum atomic E-state index is 12.1. The number of carbonyl (C=O) groups is 1. The number of hydrogen-bond donors (Lipinski definition) is 1. The van der Waals surface area contributed by atoms with Crippen molar-refractivity contribution in [3.63, 3.8) is 0 Å². The van der Waals surface area contributed by atoms with E-state index in [0.717, 1.165) is 4.70 Å². The van der Waals surface area contributed by atoms with Crippen LogP contribution in [0, 0.1) is 10.1 Å². The minimum Gasteiger partial charge on any atom is -0.494 e. The molecule has 1 amide bonds. The molecule has 1 heterocycles. The third kappa shape index (κ3) is 3.33. The van der Waals surface area contributed by atoms with Crippen molar-refractivity contribution in [1.82, 2.24) is 4.98 Å². The SMILES string of the molecule is COc1cccc2sc(NC(=O)Cc3ccc([N+](=O)[O-])cc3)nc12. The number of methoxy groups -OCH3 is 1. The number of nitrogens with zero attached hydrogens (tertiary/aromatic N) is 2. The van der Waals surface area contributed by atoms with Crippen LogP contribution in [0.25, 0.3) is 10.2 Å². The molecule has 24 heavy (non-hydrogen) atoms. The van der Waals surface area contributed by atoms with Gasteiger partial charge in [0, 0.05) is 12.1 Å². The molecule has 0 spiro atoms. The smallest absolute Gasteiger partial charge is 0.269 e. The lowest BCUT2D eigenvalue weighted by Crippen LogP contribution is -2.14. The van der Waals surface area contributed by atoms with Crippen LogP contribution in [-0.2, 0) is 11.2 Å². The van der Waals surface area contributed by atoms with Crippen molar-refractivity contribution in [2.75, 3.05) is 12.4 Å². The molecule has 0 atom stereocenters. The van der Waals surface area contributed by atoms with Gasteiger partial charge in [0.25, 0.3) is 5.69 Å². The van der Waals surface area contributed by atoms with Gasteiger partial charge in [-0.15, -0.1) is 0 Å². The predicted molar refractivity (Wildman–Crippen MR) is 91.6 cm³/mol. The van der Waals surface area contributed by atoms with E-state index in [4.69, 9.17) is 4.74 Å². The van der Waals surface area contributed by atoms with E-state index in [1.54, 1.807) is 19.2 Å². The molecule has 0 fully saturated rings. The Hall–Kier alpha value is -3.00. The zero-order chi connectivity index (χ0) is 17.1. The van der Waals surface area contributed by atoms with E-state index in [0.29, 0.717) is 22.0 Å². The number of thiazole rings is 1. The van der Waals surface area contributed by atoms with Crippen molar-refractivity contribution < 1.29 is 14.5 Å². The number of carbonyl (C=O) groups excluding carboxylic acids is 1. The fourth-order valence-corrected chi connectivity index (χ4v) is 3.13. The minimum atomic E-state index is -0.474. The van der Waals surface area contributed by atoms with Crippen molar-refractivity contribution in [2.45, 2.75) is 6.42 Å². The molecule has 3 aromatic rings. The van der Waals surface area contributed by atoms with Crippen molar-refractivity contribution >= 4 is 38.3 Å². The number of aromatic nitrogens is 1. The van der Waals surface area contributed by atoms with Gasteiger partial charge < -0.3 is 10.1 Å². The highest BCUT2D eigenvalue weighted by molar-refractivity contribution is 7.22. The molecule has 8 heteroatoms. The van der Waals surface area contributed by atoms with Gasteiger partial charge in [-0.2, -0.15) is 0 Å². The van der Waals surface area contributed by atoms with E-state index in [-0.39, 0.29) is 18.0 Å². The molecule has 0 radical (unpaired) electrons. The van der Waals surface area contributed by atoms with Crippen LogP contribution in [0.1, 0.15) is 5.56 Å².